The summed E-state index contributed by atoms with van der Waals surface area (Å²) in [7, 11) is 0. The van der Waals surface area contributed by atoms with Gasteiger partial charge in [-0.15, -0.1) is 0 Å². The molecule has 0 heterocycles. The molecule has 0 fully saturated rings. The third kappa shape index (κ3) is 4.84. The lowest BCUT2D eigenvalue weighted by Crippen LogP contribution is -1.92. The first-order valence-corrected chi connectivity index (χ1v) is 8.74. The average Bonchev–Trinajstić information content (AvgIpc) is 2.69. The summed E-state index contributed by atoms with van der Waals surface area (Å²) in [6.07, 6.45) is 0.943. The summed E-state index contributed by atoms with van der Waals surface area (Å²) < 4.78 is 28.6. The highest BCUT2D eigenvalue weighted by Crippen LogP contribution is 2.14. The van der Waals surface area contributed by atoms with Crippen LogP contribution in [0.4, 0.5) is 8.78 Å². The maximum Gasteiger partial charge on any atom is 0.140 e. The van der Waals surface area contributed by atoms with Gasteiger partial charge in [-0.1, -0.05) is 60.4 Å². The maximum atomic E-state index is 14.3. The fraction of sp³-hybridized carbons (Fsp3) is 0.120. The van der Waals surface area contributed by atoms with E-state index in [4.69, 9.17) is 0 Å². The van der Waals surface area contributed by atoms with Gasteiger partial charge in [0, 0.05) is 11.1 Å². The van der Waals surface area contributed by atoms with Gasteiger partial charge in [-0.05, 0) is 55.3 Å². The van der Waals surface area contributed by atoms with Gasteiger partial charge in [0.05, 0.1) is 11.1 Å². The zero-order chi connectivity index (χ0) is 19.2. The van der Waals surface area contributed by atoms with Crippen LogP contribution in [0.5, 0.6) is 0 Å². The molecule has 0 atom stereocenters. The molecule has 0 amide bonds. The molecule has 0 aliphatic heterocycles. The Bertz CT molecular complexity index is 1070. The first kappa shape index (κ1) is 18.4. The van der Waals surface area contributed by atoms with Crippen molar-refractivity contribution in [3.8, 4) is 23.7 Å². The largest absolute Gasteiger partial charge is 0.206 e. The van der Waals surface area contributed by atoms with Gasteiger partial charge in [-0.3, -0.25) is 0 Å². The van der Waals surface area contributed by atoms with E-state index in [0.717, 1.165) is 35.2 Å². The zero-order valence-corrected chi connectivity index (χ0v) is 15.2. The van der Waals surface area contributed by atoms with E-state index in [9.17, 15) is 8.78 Å². The number of hydrogen-bond acceptors (Lipinski definition) is 0. The Morgan fingerprint density at radius 1 is 0.667 bits per heavy atom. The fourth-order valence-electron chi connectivity index (χ4n) is 2.48. The molecule has 2 heteroatoms. The van der Waals surface area contributed by atoms with E-state index in [1.165, 1.54) is 5.56 Å². The van der Waals surface area contributed by atoms with E-state index in [1.54, 1.807) is 0 Å². The molecule has 0 bridgehead atoms. The predicted octanol–water partition coefficient (Wildman–Crippen LogP) is 5.64. The number of rotatable bonds is 1. The Morgan fingerprint density at radius 2 is 1.11 bits per heavy atom. The van der Waals surface area contributed by atoms with Crippen molar-refractivity contribution in [3.05, 3.63) is 106 Å². The smallest absolute Gasteiger partial charge is 0.140 e. The second kappa shape index (κ2) is 8.35. The fourth-order valence-corrected chi connectivity index (χ4v) is 2.48. The van der Waals surface area contributed by atoms with Crippen LogP contribution in [0.15, 0.2) is 60.7 Å². The molecule has 0 nitrogen and oxygen atoms in total. The molecule has 0 aromatic heterocycles. The molecule has 3 aromatic carbocycles. The molecule has 0 aliphatic carbocycles. The first-order valence-electron chi connectivity index (χ1n) is 8.74. The number of aryl methyl sites for hydroxylation is 2. The minimum atomic E-state index is -0.582. The summed E-state index contributed by atoms with van der Waals surface area (Å²) in [5.41, 5.74) is 3.87. The lowest BCUT2D eigenvalue weighted by atomic mass is 10.1. The van der Waals surface area contributed by atoms with E-state index < -0.39 is 11.6 Å². The maximum absolute atomic E-state index is 14.3. The Kier molecular flexibility index (Phi) is 5.70. The third-order valence-corrected chi connectivity index (χ3v) is 4.15. The zero-order valence-electron chi connectivity index (χ0n) is 15.2. The summed E-state index contributed by atoms with van der Waals surface area (Å²) in [6, 6.07) is 17.4. The summed E-state index contributed by atoms with van der Waals surface area (Å²) in [5, 5.41) is 0. The minimum absolute atomic E-state index is 0.0194. The second-order valence-electron chi connectivity index (χ2n) is 6.23. The highest BCUT2D eigenvalue weighted by atomic mass is 19.1. The first-order chi connectivity index (χ1) is 13.0. The Hall–Kier alpha value is -3.36. The molecule has 0 aliphatic rings. The van der Waals surface area contributed by atoms with E-state index in [2.05, 4.69) is 30.6 Å². The van der Waals surface area contributed by atoms with E-state index in [-0.39, 0.29) is 11.1 Å². The van der Waals surface area contributed by atoms with Crippen molar-refractivity contribution in [1.82, 2.24) is 0 Å². The van der Waals surface area contributed by atoms with Crippen molar-refractivity contribution in [2.24, 2.45) is 0 Å². The summed E-state index contributed by atoms with van der Waals surface area (Å²) in [4.78, 5) is 0. The van der Waals surface area contributed by atoms with E-state index >= 15 is 0 Å². The van der Waals surface area contributed by atoms with Crippen LogP contribution in [0.3, 0.4) is 0 Å². The van der Waals surface area contributed by atoms with Gasteiger partial charge in [0.25, 0.3) is 0 Å². The SMILES string of the molecule is CCc1ccc(C#Cc2cc(F)c(C#Cc3ccc(C)cc3)cc2F)cc1. The average molecular weight is 356 g/mol. The number of hydrogen-bond donors (Lipinski definition) is 0. The van der Waals surface area contributed by atoms with Crippen LogP contribution < -0.4 is 0 Å². The van der Waals surface area contributed by atoms with Crippen LogP contribution in [0.2, 0.25) is 0 Å². The predicted molar refractivity (Wildman–Crippen MR) is 105 cm³/mol. The molecule has 0 spiro atoms. The van der Waals surface area contributed by atoms with Gasteiger partial charge in [-0.2, -0.15) is 0 Å². The summed E-state index contributed by atoms with van der Waals surface area (Å²) in [5.74, 6) is 9.95. The number of halogens is 2. The summed E-state index contributed by atoms with van der Waals surface area (Å²) in [6.45, 7) is 4.05. The van der Waals surface area contributed by atoms with Crippen LogP contribution in [-0.4, -0.2) is 0 Å². The molecule has 0 N–H and O–H groups in total. The normalized spacial score (nSPS) is 9.78. The topological polar surface area (TPSA) is 0 Å². The van der Waals surface area contributed by atoms with Gasteiger partial charge >= 0.3 is 0 Å². The Labute approximate surface area is 158 Å². The van der Waals surface area contributed by atoms with E-state index in [1.807, 2.05) is 55.5 Å². The van der Waals surface area contributed by atoms with Crippen LogP contribution in [0.25, 0.3) is 0 Å². The Morgan fingerprint density at radius 3 is 1.56 bits per heavy atom. The van der Waals surface area contributed by atoms with Crippen molar-refractivity contribution in [2.75, 3.05) is 0 Å². The number of benzene rings is 3. The van der Waals surface area contributed by atoms with Crippen molar-refractivity contribution in [2.45, 2.75) is 20.3 Å². The molecule has 27 heavy (non-hydrogen) atoms. The molecule has 3 rings (SSSR count). The van der Waals surface area contributed by atoms with Crippen LogP contribution in [0.1, 0.15) is 40.3 Å². The Balaban J connectivity index is 1.85. The standard InChI is InChI=1S/C25H18F2/c1-3-19-8-10-21(11-9-19)13-15-23-17-24(26)22(16-25(23)27)14-12-20-6-4-18(2)5-7-20/h4-11,16-17H,3H2,1-2H3. The van der Waals surface area contributed by atoms with Crippen molar-refractivity contribution in [1.29, 1.82) is 0 Å². The minimum Gasteiger partial charge on any atom is -0.206 e. The van der Waals surface area contributed by atoms with Gasteiger partial charge in [0.2, 0.25) is 0 Å². The monoisotopic (exact) mass is 356 g/mol. The lowest BCUT2D eigenvalue weighted by Gasteiger charge is -1.99. The van der Waals surface area contributed by atoms with Crippen molar-refractivity contribution in [3.63, 3.8) is 0 Å². The molecular weight excluding hydrogens is 338 g/mol. The molecule has 3 aromatic rings. The van der Waals surface area contributed by atoms with Crippen molar-refractivity contribution < 1.29 is 8.78 Å². The van der Waals surface area contributed by atoms with E-state index in [0.29, 0.717) is 0 Å². The highest BCUT2D eigenvalue weighted by molar-refractivity contribution is 5.49. The second-order valence-corrected chi connectivity index (χ2v) is 6.23. The van der Waals surface area contributed by atoms with Crippen LogP contribution in [0, 0.1) is 42.2 Å². The van der Waals surface area contributed by atoms with Crippen LogP contribution >= 0.6 is 0 Å². The third-order valence-electron chi connectivity index (χ3n) is 4.15. The van der Waals surface area contributed by atoms with Crippen LogP contribution in [-0.2, 0) is 6.42 Å². The van der Waals surface area contributed by atoms with Gasteiger partial charge in [0.1, 0.15) is 11.6 Å². The van der Waals surface area contributed by atoms with Gasteiger partial charge in [0.15, 0.2) is 0 Å². The molecular formula is C25H18F2. The van der Waals surface area contributed by atoms with Crippen molar-refractivity contribution >= 4 is 0 Å². The highest BCUT2D eigenvalue weighted by Gasteiger charge is 2.07. The molecule has 132 valence electrons. The molecule has 0 saturated heterocycles. The molecule has 0 unspecified atom stereocenters. The lowest BCUT2D eigenvalue weighted by molar-refractivity contribution is 0.594. The van der Waals surface area contributed by atoms with Gasteiger partial charge in [-0.25, -0.2) is 8.78 Å². The summed E-state index contributed by atoms with van der Waals surface area (Å²) >= 11 is 0. The molecule has 0 radical (unpaired) electrons. The van der Waals surface area contributed by atoms with Gasteiger partial charge < -0.3 is 0 Å². The molecule has 0 saturated carbocycles. The quantitative estimate of drug-likeness (QED) is 0.495.